The van der Waals surface area contributed by atoms with E-state index in [1.54, 1.807) is 51.3 Å². The van der Waals surface area contributed by atoms with E-state index in [2.05, 4.69) is 34.1 Å². The first-order valence-electron chi connectivity index (χ1n) is 36.5. The summed E-state index contributed by atoms with van der Waals surface area (Å²) in [7, 11) is 0. The number of rotatable bonds is 22. The predicted molar refractivity (Wildman–Crippen MR) is 374 cm³/mol. The third-order valence-electron chi connectivity index (χ3n) is 21.1. The number of nitrogens with zero attached hydrogens (tertiary/aromatic N) is 6. The van der Waals surface area contributed by atoms with Gasteiger partial charge in [0.1, 0.15) is 36.5 Å². The number of ether oxygens (including phenoxy) is 6. The smallest absolute Gasteiger partial charge is 0.410 e. The maximum absolute atomic E-state index is 13.3. The molecule has 4 N–H and O–H groups in total. The number of benzene rings is 4. The number of carbonyl (C=O) groups excluding carboxylic acids is 8. The fourth-order valence-corrected chi connectivity index (χ4v) is 15.7. The van der Waals surface area contributed by atoms with Crippen LogP contribution in [0.1, 0.15) is 210 Å². The second kappa shape index (κ2) is 32.8. The van der Waals surface area contributed by atoms with Crippen molar-refractivity contribution in [2.45, 2.75) is 242 Å². The Kier molecular flexibility index (Phi) is 24.1. The Morgan fingerprint density at radius 3 is 1.14 bits per heavy atom. The molecule has 0 spiro atoms. The summed E-state index contributed by atoms with van der Waals surface area (Å²) in [5.41, 5.74) is 17.7. The summed E-state index contributed by atoms with van der Waals surface area (Å²) in [6.07, 6.45) is 12.8. The second-order valence-electron chi connectivity index (χ2n) is 30.7. The van der Waals surface area contributed by atoms with E-state index in [-0.39, 0.29) is 74.1 Å². The molecule has 2 saturated carbocycles. The van der Waals surface area contributed by atoms with Gasteiger partial charge in [0.15, 0.2) is 0 Å². The molecule has 4 saturated heterocycles. The Balaban J connectivity index is 0.000000202. The summed E-state index contributed by atoms with van der Waals surface area (Å²) < 4.78 is 34.6. The van der Waals surface area contributed by atoms with Gasteiger partial charge in [0.25, 0.3) is 11.8 Å². The average molecular weight is 1380 g/mol. The van der Waals surface area contributed by atoms with Crippen molar-refractivity contribution in [3.8, 4) is 0 Å². The number of hydrogen-bond acceptors (Lipinski definition) is 16. The van der Waals surface area contributed by atoms with Crippen LogP contribution in [0.15, 0.2) is 97.1 Å². The van der Waals surface area contributed by atoms with Gasteiger partial charge in [0.2, 0.25) is 11.8 Å². The lowest BCUT2D eigenvalue weighted by molar-refractivity contribution is -0.156. The van der Waals surface area contributed by atoms with Crippen LogP contribution in [0, 0.1) is 0 Å². The van der Waals surface area contributed by atoms with Gasteiger partial charge in [-0.15, -0.1) is 0 Å². The first-order chi connectivity index (χ1) is 47.9. The topological polar surface area (TPSA) is 263 Å². The molecule has 2 unspecified atom stereocenters. The van der Waals surface area contributed by atoms with E-state index in [1.165, 1.54) is 20.9 Å². The lowest BCUT2D eigenvalue weighted by Gasteiger charge is -2.47. The molecule has 22 heteroatoms. The maximum Gasteiger partial charge on any atom is 0.410 e. The molecule has 4 aromatic rings. The van der Waals surface area contributed by atoms with Crippen molar-refractivity contribution in [3.05, 3.63) is 142 Å². The number of amides is 6. The Morgan fingerprint density at radius 1 is 0.460 bits per heavy atom. The highest BCUT2D eigenvalue weighted by molar-refractivity contribution is 6.02. The van der Waals surface area contributed by atoms with Gasteiger partial charge < -0.3 is 59.5 Å². The third-order valence-corrected chi connectivity index (χ3v) is 21.1. The fraction of sp³-hybridized carbons (Fsp3) is 0.590. The molecule has 6 aliphatic heterocycles. The van der Waals surface area contributed by atoms with Crippen molar-refractivity contribution in [2.24, 2.45) is 11.5 Å². The maximum atomic E-state index is 13.3. The molecule has 12 rings (SSSR count). The fourth-order valence-electron chi connectivity index (χ4n) is 15.7. The number of piperidine rings is 2. The number of likely N-dealkylation sites (tertiary alicyclic amines) is 4. The number of primary amides is 2. The van der Waals surface area contributed by atoms with E-state index < -0.39 is 47.0 Å². The Labute approximate surface area is 588 Å². The van der Waals surface area contributed by atoms with Crippen LogP contribution in [0.25, 0.3) is 0 Å². The largest absolute Gasteiger partial charge is 0.460 e. The molecule has 100 heavy (non-hydrogen) atoms. The van der Waals surface area contributed by atoms with Gasteiger partial charge >= 0.3 is 24.1 Å². The van der Waals surface area contributed by atoms with Crippen LogP contribution in [0.2, 0.25) is 0 Å². The summed E-state index contributed by atoms with van der Waals surface area (Å²) in [5, 5.41) is 0. The minimum atomic E-state index is -0.868. The molecule has 8 aliphatic rings. The van der Waals surface area contributed by atoms with Crippen LogP contribution >= 0.6 is 0 Å². The van der Waals surface area contributed by atoms with E-state index in [1.807, 2.05) is 72.8 Å². The molecule has 540 valence electrons. The quantitative estimate of drug-likeness (QED) is 0.0547. The van der Waals surface area contributed by atoms with Crippen LogP contribution in [0.4, 0.5) is 9.59 Å². The Hall–Kier alpha value is -7.92. The summed E-state index contributed by atoms with van der Waals surface area (Å²) in [4.78, 5) is 113. The summed E-state index contributed by atoms with van der Waals surface area (Å²) in [6, 6.07) is 31.0. The first kappa shape index (κ1) is 73.3. The zero-order valence-corrected chi connectivity index (χ0v) is 59.4. The van der Waals surface area contributed by atoms with Gasteiger partial charge in [-0.25, -0.2) is 9.59 Å². The molecule has 2 aliphatic carbocycles. The molecule has 0 radical (unpaired) electrons. The summed E-state index contributed by atoms with van der Waals surface area (Å²) in [6.45, 7) is 18.4. The van der Waals surface area contributed by atoms with Crippen LogP contribution in [0.5, 0.6) is 0 Å². The number of carbonyl (C=O) groups is 8. The molecule has 6 heterocycles. The molecular formula is C78H104N8O14. The number of hydrogen-bond donors (Lipinski definition) is 2. The molecular weight excluding hydrogens is 1270 g/mol. The number of esters is 2. The average Bonchev–Trinajstić information content (AvgIpc) is 1.72. The van der Waals surface area contributed by atoms with Crippen LogP contribution < -0.4 is 11.5 Å². The standard InChI is InChI=1S/2C39H52N4O7/c2*1-39(2,3)50-35(44)16-15-34(36(40)45)43-22-29-21-28(11-14-33(29)37(43)46)27-9-12-30(13-10-27)42-23-32(24-42)49-31-17-19-41(20-18-31)38(47)48-25-26-7-5-4-6-8-26/h2*4-8,11,14,21,27,30-32,34H,9-10,12-13,15-20,22-25H2,1-3H3,(H2,40,45). The lowest BCUT2D eigenvalue weighted by Crippen LogP contribution is -2.58. The Bertz CT molecular complexity index is 3270. The summed E-state index contributed by atoms with van der Waals surface area (Å²) in [5.74, 6) is -1.64. The second-order valence-corrected chi connectivity index (χ2v) is 30.7. The van der Waals surface area contributed by atoms with Crippen LogP contribution in [-0.4, -0.2) is 189 Å². The highest BCUT2D eigenvalue weighted by Crippen LogP contribution is 2.41. The number of fused-ring (bicyclic) bond motifs is 2. The zero-order valence-electron chi connectivity index (χ0n) is 59.4. The molecule has 6 amide bonds. The lowest BCUT2D eigenvalue weighted by atomic mass is 9.80. The Morgan fingerprint density at radius 2 is 0.810 bits per heavy atom. The number of nitrogens with two attached hydrogens (primary N) is 2. The predicted octanol–water partition coefficient (Wildman–Crippen LogP) is 10.3. The van der Waals surface area contributed by atoms with E-state index in [0.717, 1.165) is 125 Å². The van der Waals surface area contributed by atoms with Crippen LogP contribution in [-0.2, 0) is 73.9 Å². The van der Waals surface area contributed by atoms with Gasteiger partial charge in [-0.2, -0.15) is 0 Å². The van der Waals surface area contributed by atoms with E-state index in [9.17, 15) is 38.4 Å². The molecule has 22 nitrogen and oxygen atoms in total. The minimum absolute atomic E-state index is 0.0105. The van der Waals surface area contributed by atoms with Crippen molar-refractivity contribution in [1.82, 2.24) is 29.4 Å². The van der Waals surface area contributed by atoms with E-state index in [0.29, 0.717) is 87.5 Å². The third kappa shape index (κ3) is 19.4. The van der Waals surface area contributed by atoms with Gasteiger partial charge in [0, 0.05) is 101 Å². The highest BCUT2D eigenvalue weighted by Gasteiger charge is 2.42. The van der Waals surface area contributed by atoms with Crippen molar-refractivity contribution < 1.29 is 66.8 Å². The highest BCUT2D eigenvalue weighted by atomic mass is 16.6. The van der Waals surface area contributed by atoms with Crippen molar-refractivity contribution in [3.63, 3.8) is 0 Å². The molecule has 2 atom stereocenters. The van der Waals surface area contributed by atoms with Gasteiger partial charge in [-0.1, -0.05) is 84.9 Å². The molecule has 0 bridgehead atoms. The van der Waals surface area contributed by atoms with Crippen molar-refractivity contribution in [2.75, 3.05) is 52.4 Å². The van der Waals surface area contributed by atoms with Gasteiger partial charge in [0.05, 0.1) is 24.4 Å². The first-order valence-corrected chi connectivity index (χ1v) is 36.5. The van der Waals surface area contributed by atoms with E-state index in [4.69, 9.17) is 39.9 Å². The summed E-state index contributed by atoms with van der Waals surface area (Å²) >= 11 is 0. The van der Waals surface area contributed by atoms with Gasteiger partial charge in [-0.3, -0.25) is 38.6 Å². The monoisotopic (exact) mass is 1380 g/mol. The van der Waals surface area contributed by atoms with Crippen molar-refractivity contribution >= 4 is 47.8 Å². The van der Waals surface area contributed by atoms with Crippen molar-refractivity contribution in [1.29, 1.82) is 0 Å². The minimum Gasteiger partial charge on any atom is -0.460 e. The zero-order chi connectivity index (χ0) is 70.8. The SMILES string of the molecule is CC(C)(C)OC(=O)CCC(C(N)=O)N1Cc2cc(C3CCC(N4CC(OC5CCN(C(=O)OCc6ccccc6)CC5)C4)CC3)ccc2C1=O.CC(C)(C)OC(=O)CCC(C(N)=O)N1Cc2cc(C3CCC(N4CC(OC5CCN(C(=O)OCc6ccccc6)CC5)C4)CC3)ccc2C1=O. The molecule has 6 fully saturated rings. The molecule has 0 aromatic heterocycles. The van der Waals surface area contributed by atoms with Gasteiger partial charge in [-0.05, 0) is 189 Å². The normalized spacial score (nSPS) is 22.5. The van der Waals surface area contributed by atoms with E-state index >= 15 is 0 Å². The molecule has 4 aromatic carbocycles. The van der Waals surface area contributed by atoms with Crippen LogP contribution in [0.3, 0.4) is 0 Å².